The lowest BCUT2D eigenvalue weighted by atomic mass is 10.0. The lowest BCUT2D eigenvalue weighted by Gasteiger charge is -2.24. The van der Waals surface area contributed by atoms with Crippen LogP contribution in [-0.4, -0.2) is 24.5 Å². The van der Waals surface area contributed by atoms with E-state index in [9.17, 15) is 9.18 Å². The number of hydrogen-bond acceptors (Lipinski definition) is 5. The quantitative estimate of drug-likeness (QED) is 0.337. The first-order chi connectivity index (χ1) is 16.0. The number of nitrogens with zero attached hydrogens (tertiary/aromatic N) is 4. The number of para-hydroxylation sites is 1. The smallest absolute Gasteiger partial charge is 0.263 e. The molecule has 1 atom stereocenters. The Labute approximate surface area is 197 Å². The zero-order valence-electron chi connectivity index (χ0n) is 17.3. The fourth-order valence-corrected chi connectivity index (χ4v) is 4.48. The van der Waals surface area contributed by atoms with E-state index in [2.05, 4.69) is 25.3 Å². The van der Waals surface area contributed by atoms with Gasteiger partial charge in [0.05, 0.1) is 33.5 Å². The number of hydrogen-bond donors (Lipinski definition) is 2. The van der Waals surface area contributed by atoms with Crippen molar-refractivity contribution < 1.29 is 4.39 Å². The van der Waals surface area contributed by atoms with Gasteiger partial charge in [0.25, 0.3) is 5.56 Å². The predicted octanol–water partition coefficient (Wildman–Crippen LogP) is 5.67. The minimum atomic E-state index is -0.503. The van der Waals surface area contributed by atoms with Gasteiger partial charge in [0, 0.05) is 5.69 Å². The van der Waals surface area contributed by atoms with Crippen molar-refractivity contribution in [3.05, 3.63) is 87.0 Å². The number of aromatic amines is 1. The molecular formula is C23H17Cl2FN6O. The summed E-state index contributed by atoms with van der Waals surface area (Å²) in [4.78, 5) is 29.3. The molecule has 0 aliphatic carbocycles. The summed E-state index contributed by atoms with van der Waals surface area (Å²) in [6.07, 6.45) is 3.54. The van der Waals surface area contributed by atoms with Gasteiger partial charge in [-0.05, 0) is 42.1 Å². The van der Waals surface area contributed by atoms with Crippen LogP contribution < -0.4 is 10.9 Å². The molecular weight excluding hydrogens is 466 g/mol. The molecule has 5 aromatic rings. The number of imidazole rings is 1. The lowest BCUT2D eigenvalue weighted by Crippen LogP contribution is -2.27. The minimum absolute atomic E-state index is 0.225. The van der Waals surface area contributed by atoms with Crippen molar-refractivity contribution in [2.75, 3.05) is 5.32 Å². The van der Waals surface area contributed by atoms with Crippen molar-refractivity contribution in [2.45, 2.75) is 19.4 Å². The predicted molar refractivity (Wildman–Crippen MR) is 128 cm³/mol. The Bertz CT molecular complexity index is 1540. The number of fused-ring (bicyclic) bond motifs is 2. The van der Waals surface area contributed by atoms with Crippen molar-refractivity contribution >= 4 is 51.0 Å². The molecule has 2 N–H and O–H groups in total. The molecule has 3 aromatic heterocycles. The van der Waals surface area contributed by atoms with Crippen molar-refractivity contribution in [1.82, 2.24) is 24.5 Å². The third kappa shape index (κ3) is 3.71. The van der Waals surface area contributed by atoms with Gasteiger partial charge in [-0.1, -0.05) is 42.3 Å². The zero-order chi connectivity index (χ0) is 23.1. The number of rotatable bonds is 5. The van der Waals surface area contributed by atoms with Crippen LogP contribution in [0, 0.1) is 5.82 Å². The van der Waals surface area contributed by atoms with Gasteiger partial charge in [0.15, 0.2) is 11.5 Å². The number of pyridine rings is 1. The summed E-state index contributed by atoms with van der Waals surface area (Å²) in [5.74, 6) is 0.0322. The first kappa shape index (κ1) is 21.4. The molecule has 0 saturated heterocycles. The molecule has 0 amide bonds. The van der Waals surface area contributed by atoms with Crippen LogP contribution in [0.15, 0.2) is 59.9 Å². The van der Waals surface area contributed by atoms with Gasteiger partial charge >= 0.3 is 0 Å². The van der Waals surface area contributed by atoms with E-state index in [0.717, 1.165) is 0 Å². The molecule has 0 saturated carbocycles. The molecule has 166 valence electrons. The molecule has 0 fully saturated rings. The second-order valence-electron chi connectivity index (χ2n) is 7.44. The Morgan fingerprint density at radius 3 is 2.67 bits per heavy atom. The summed E-state index contributed by atoms with van der Waals surface area (Å²) in [7, 11) is 0. The maximum atomic E-state index is 14.0. The largest absolute Gasteiger partial charge is 0.360 e. The summed E-state index contributed by atoms with van der Waals surface area (Å²) in [6, 6.07) is 10.6. The van der Waals surface area contributed by atoms with Crippen LogP contribution >= 0.6 is 23.2 Å². The first-order valence-corrected chi connectivity index (χ1v) is 10.9. The lowest BCUT2D eigenvalue weighted by molar-refractivity contribution is 0.629. The van der Waals surface area contributed by atoms with E-state index in [1.807, 2.05) is 13.0 Å². The maximum absolute atomic E-state index is 14.0. The van der Waals surface area contributed by atoms with Crippen LogP contribution in [0.25, 0.3) is 27.6 Å². The van der Waals surface area contributed by atoms with E-state index in [0.29, 0.717) is 50.2 Å². The topological polar surface area (TPSA) is 88.5 Å². The number of anilines is 1. The summed E-state index contributed by atoms with van der Waals surface area (Å²) in [5, 5.41) is 4.81. The molecule has 0 bridgehead atoms. The van der Waals surface area contributed by atoms with Crippen LogP contribution in [-0.2, 0) is 0 Å². The second kappa shape index (κ2) is 8.46. The van der Waals surface area contributed by atoms with E-state index in [1.165, 1.54) is 29.4 Å². The van der Waals surface area contributed by atoms with E-state index in [-0.39, 0.29) is 11.4 Å². The number of H-pyrrole nitrogens is 1. The van der Waals surface area contributed by atoms with Gasteiger partial charge in [-0.25, -0.2) is 19.3 Å². The van der Waals surface area contributed by atoms with Crippen LogP contribution in [0.1, 0.15) is 25.1 Å². The summed E-state index contributed by atoms with van der Waals surface area (Å²) >= 11 is 13.0. The van der Waals surface area contributed by atoms with Gasteiger partial charge in [0.2, 0.25) is 0 Å². The molecule has 10 heteroatoms. The van der Waals surface area contributed by atoms with Gasteiger partial charge in [-0.2, -0.15) is 0 Å². The highest BCUT2D eigenvalue weighted by atomic mass is 35.5. The van der Waals surface area contributed by atoms with E-state index >= 15 is 0 Å². The second-order valence-corrected chi connectivity index (χ2v) is 8.25. The monoisotopic (exact) mass is 482 g/mol. The number of aromatic nitrogens is 5. The average molecular weight is 483 g/mol. The molecule has 5 rings (SSSR count). The maximum Gasteiger partial charge on any atom is 0.263 e. The fourth-order valence-electron chi connectivity index (χ4n) is 3.92. The van der Waals surface area contributed by atoms with Gasteiger partial charge in [0.1, 0.15) is 17.7 Å². The SMILES string of the molecule is CC[C@@H](Nc1ncnc2nc[nH]c12)c1cc2ccc(F)cc2c(=O)n1-c1c(Cl)cccc1Cl. The molecule has 0 spiro atoms. The Morgan fingerprint density at radius 1 is 1.12 bits per heavy atom. The zero-order valence-corrected chi connectivity index (χ0v) is 18.8. The van der Waals surface area contributed by atoms with Crippen LogP contribution in [0.4, 0.5) is 10.2 Å². The van der Waals surface area contributed by atoms with Crippen molar-refractivity contribution in [3.8, 4) is 5.69 Å². The Kier molecular flexibility index (Phi) is 5.47. The van der Waals surface area contributed by atoms with Crippen LogP contribution in [0.3, 0.4) is 0 Å². The summed E-state index contributed by atoms with van der Waals surface area (Å²) in [5.41, 5.74) is 1.67. The third-order valence-electron chi connectivity index (χ3n) is 5.47. The molecule has 0 radical (unpaired) electrons. The molecule has 0 aliphatic heterocycles. The summed E-state index contributed by atoms with van der Waals surface area (Å²) < 4.78 is 15.4. The van der Waals surface area contributed by atoms with E-state index in [4.69, 9.17) is 23.2 Å². The van der Waals surface area contributed by atoms with Crippen molar-refractivity contribution in [3.63, 3.8) is 0 Å². The highest BCUT2D eigenvalue weighted by Gasteiger charge is 2.23. The molecule has 33 heavy (non-hydrogen) atoms. The third-order valence-corrected chi connectivity index (χ3v) is 6.08. The Hall–Kier alpha value is -3.49. The number of halogens is 3. The number of benzene rings is 2. The summed E-state index contributed by atoms with van der Waals surface area (Å²) in [6.45, 7) is 1.97. The molecule has 0 unspecified atom stereocenters. The minimum Gasteiger partial charge on any atom is -0.360 e. The average Bonchev–Trinajstić information content (AvgIpc) is 3.29. The highest BCUT2D eigenvalue weighted by molar-refractivity contribution is 6.37. The van der Waals surface area contributed by atoms with E-state index < -0.39 is 11.4 Å². The van der Waals surface area contributed by atoms with Gasteiger partial charge in [-0.15, -0.1) is 0 Å². The molecule has 7 nitrogen and oxygen atoms in total. The fraction of sp³-hybridized carbons (Fsp3) is 0.130. The number of nitrogens with one attached hydrogen (secondary N) is 2. The molecule has 3 heterocycles. The van der Waals surface area contributed by atoms with Crippen molar-refractivity contribution in [2.24, 2.45) is 0 Å². The Morgan fingerprint density at radius 2 is 1.91 bits per heavy atom. The first-order valence-electron chi connectivity index (χ1n) is 10.2. The molecule has 0 aliphatic rings. The van der Waals surface area contributed by atoms with Crippen LogP contribution in [0.5, 0.6) is 0 Å². The molecule has 2 aromatic carbocycles. The highest BCUT2D eigenvalue weighted by Crippen LogP contribution is 2.33. The Balaban J connectivity index is 1.78. The van der Waals surface area contributed by atoms with Crippen LogP contribution in [0.2, 0.25) is 10.0 Å². The van der Waals surface area contributed by atoms with E-state index in [1.54, 1.807) is 24.3 Å². The van der Waals surface area contributed by atoms with Gasteiger partial charge < -0.3 is 10.3 Å². The standard InChI is InChI=1S/C23H17Cl2FN6O/c1-2-17(31-22-19-21(28-10-27-19)29-11-30-22)18-8-12-6-7-13(26)9-14(12)23(33)32(18)20-15(24)4-3-5-16(20)25/h3-11,17H,2H2,1H3,(H2,27,28,29,30,31)/t17-/m1/s1. The van der Waals surface area contributed by atoms with Gasteiger partial charge in [-0.3, -0.25) is 9.36 Å². The van der Waals surface area contributed by atoms with Crippen molar-refractivity contribution in [1.29, 1.82) is 0 Å². The normalized spacial score (nSPS) is 12.4.